The summed E-state index contributed by atoms with van der Waals surface area (Å²) in [5, 5.41) is 10.3. The summed E-state index contributed by atoms with van der Waals surface area (Å²) < 4.78 is 0. The monoisotopic (exact) mass is 338 g/mol. The Morgan fingerprint density at radius 3 is 2.96 bits per heavy atom. The minimum absolute atomic E-state index is 0.237. The van der Waals surface area contributed by atoms with Crippen LogP contribution < -0.4 is 5.32 Å². The summed E-state index contributed by atoms with van der Waals surface area (Å²) in [4.78, 5) is 25.2. The van der Waals surface area contributed by atoms with Crippen molar-refractivity contribution in [3.63, 3.8) is 0 Å². The third kappa shape index (κ3) is 2.71. The van der Waals surface area contributed by atoms with Crippen LogP contribution in [0.1, 0.15) is 10.5 Å². The van der Waals surface area contributed by atoms with Crippen LogP contribution in [0.4, 0.5) is 5.69 Å². The summed E-state index contributed by atoms with van der Waals surface area (Å²) in [6.07, 6.45) is 5.03. The fraction of sp³-hybridized carbons (Fsp3) is 0. The Morgan fingerprint density at radius 2 is 2.09 bits per heavy atom. The highest BCUT2D eigenvalue weighted by Crippen LogP contribution is 2.26. The summed E-state index contributed by atoms with van der Waals surface area (Å²) in [6.45, 7) is 0. The lowest BCUT2D eigenvalue weighted by molar-refractivity contribution is 0.102. The molecule has 1 amide bonds. The normalized spacial score (nSPS) is 10.8. The predicted octanol–water partition coefficient (Wildman–Crippen LogP) is 4.07. The molecule has 23 heavy (non-hydrogen) atoms. The van der Waals surface area contributed by atoms with Crippen molar-refractivity contribution in [1.29, 1.82) is 0 Å². The minimum atomic E-state index is -0.237. The number of carbonyl (C=O) groups is 1. The molecule has 0 aromatic carbocycles. The summed E-state index contributed by atoms with van der Waals surface area (Å²) in [5.74, 6) is -0.237. The van der Waals surface area contributed by atoms with Gasteiger partial charge in [0.05, 0.1) is 11.2 Å². The molecule has 0 aliphatic carbocycles. The molecule has 0 saturated heterocycles. The van der Waals surface area contributed by atoms with E-state index in [1.165, 1.54) is 11.3 Å². The average molecular weight is 338 g/mol. The Balaban J connectivity index is 1.62. The number of amides is 1. The first-order chi connectivity index (χ1) is 11.3. The predicted molar refractivity (Wildman–Crippen MR) is 92.9 cm³/mol. The second kappa shape index (κ2) is 5.86. The molecule has 4 aromatic rings. The van der Waals surface area contributed by atoms with E-state index in [0.717, 1.165) is 21.5 Å². The third-order valence-electron chi connectivity index (χ3n) is 3.30. The van der Waals surface area contributed by atoms with Crippen molar-refractivity contribution in [3.05, 3.63) is 58.6 Å². The zero-order valence-electron chi connectivity index (χ0n) is 11.8. The highest BCUT2D eigenvalue weighted by molar-refractivity contribution is 7.14. The van der Waals surface area contributed by atoms with Crippen LogP contribution in [0.3, 0.4) is 0 Å². The van der Waals surface area contributed by atoms with Crippen molar-refractivity contribution in [2.45, 2.75) is 0 Å². The number of thiophene rings is 1. The molecule has 0 bridgehead atoms. The van der Waals surface area contributed by atoms with Crippen LogP contribution in [0.25, 0.3) is 21.5 Å². The molecule has 0 aliphatic heterocycles. The molecule has 0 radical (unpaired) electrons. The quantitative estimate of drug-likeness (QED) is 0.611. The Bertz CT molecular complexity index is 973. The van der Waals surface area contributed by atoms with Crippen molar-refractivity contribution in [3.8, 4) is 10.6 Å². The van der Waals surface area contributed by atoms with Gasteiger partial charge < -0.3 is 5.32 Å². The summed E-state index contributed by atoms with van der Waals surface area (Å²) in [7, 11) is 0. The molecule has 0 aliphatic rings. The average Bonchev–Trinajstić information content (AvgIpc) is 3.26. The lowest BCUT2D eigenvalue weighted by Gasteiger charge is -2.06. The van der Waals surface area contributed by atoms with E-state index in [1.54, 1.807) is 41.4 Å². The van der Waals surface area contributed by atoms with E-state index in [9.17, 15) is 4.79 Å². The molecule has 4 heterocycles. The molecule has 1 N–H and O–H groups in total. The zero-order chi connectivity index (χ0) is 15.6. The van der Waals surface area contributed by atoms with Crippen molar-refractivity contribution < 1.29 is 4.79 Å². The van der Waals surface area contributed by atoms with Crippen molar-refractivity contribution >= 4 is 45.2 Å². The molecule has 0 unspecified atom stereocenters. The van der Waals surface area contributed by atoms with Crippen molar-refractivity contribution in [2.24, 2.45) is 0 Å². The number of pyridine rings is 2. The van der Waals surface area contributed by atoms with Gasteiger partial charge in [-0.05, 0) is 23.6 Å². The largest absolute Gasteiger partial charge is 0.320 e. The summed E-state index contributed by atoms with van der Waals surface area (Å²) in [6, 6.07) is 5.56. The number of thiazole rings is 1. The SMILES string of the molecule is O=C(Nc1ccnc2ccncc12)c1csc(-c2ccsc2)n1. The fourth-order valence-corrected chi connectivity index (χ4v) is 3.69. The number of nitrogens with zero attached hydrogens (tertiary/aromatic N) is 3. The number of nitrogens with one attached hydrogen (secondary N) is 1. The topological polar surface area (TPSA) is 67.8 Å². The summed E-state index contributed by atoms with van der Waals surface area (Å²) in [5.41, 5.74) is 2.91. The van der Waals surface area contributed by atoms with Gasteiger partial charge in [0.2, 0.25) is 0 Å². The van der Waals surface area contributed by atoms with E-state index in [4.69, 9.17) is 0 Å². The van der Waals surface area contributed by atoms with Crippen LogP contribution in [-0.4, -0.2) is 20.9 Å². The first kappa shape index (κ1) is 14.0. The smallest absolute Gasteiger partial charge is 0.275 e. The van der Waals surface area contributed by atoms with E-state index < -0.39 is 0 Å². The zero-order valence-corrected chi connectivity index (χ0v) is 13.4. The highest BCUT2D eigenvalue weighted by atomic mass is 32.1. The first-order valence-corrected chi connectivity index (χ1v) is 8.62. The van der Waals surface area contributed by atoms with Crippen molar-refractivity contribution in [1.82, 2.24) is 15.0 Å². The lowest BCUT2D eigenvalue weighted by Crippen LogP contribution is -2.12. The maximum Gasteiger partial charge on any atom is 0.275 e. The van der Waals surface area contributed by atoms with Gasteiger partial charge >= 0.3 is 0 Å². The maximum atomic E-state index is 12.4. The standard InChI is InChI=1S/C16H10N4OS2/c21-15(14-9-23-16(20-14)10-3-6-22-8-10)19-13-2-5-18-12-1-4-17-7-11(12)13/h1-9H,(H,18,19,21). The van der Waals surface area contributed by atoms with E-state index >= 15 is 0 Å². The second-order valence-electron chi connectivity index (χ2n) is 4.76. The van der Waals surface area contributed by atoms with Gasteiger partial charge in [-0.15, -0.1) is 11.3 Å². The Kier molecular flexibility index (Phi) is 3.57. The molecule has 4 aromatic heterocycles. The number of hydrogen-bond acceptors (Lipinski definition) is 6. The minimum Gasteiger partial charge on any atom is -0.320 e. The Hall–Kier alpha value is -2.64. The molecule has 0 spiro atoms. The number of fused-ring (bicyclic) bond motifs is 1. The van der Waals surface area contributed by atoms with Gasteiger partial charge in [-0.3, -0.25) is 14.8 Å². The fourth-order valence-electron chi connectivity index (χ4n) is 2.18. The van der Waals surface area contributed by atoms with Crippen LogP contribution in [0.2, 0.25) is 0 Å². The third-order valence-corrected chi connectivity index (χ3v) is 4.87. The van der Waals surface area contributed by atoms with Crippen molar-refractivity contribution in [2.75, 3.05) is 5.32 Å². The second-order valence-corrected chi connectivity index (χ2v) is 6.39. The molecule has 5 nitrogen and oxygen atoms in total. The number of carbonyl (C=O) groups excluding carboxylic acids is 1. The van der Waals surface area contributed by atoms with Gasteiger partial charge in [0.1, 0.15) is 10.7 Å². The van der Waals surface area contributed by atoms with Gasteiger partial charge in [0.15, 0.2) is 0 Å². The number of rotatable bonds is 3. The molecular formula is C16H10N4OS2. The molecule has 0 saturated carbocycles. The van der Waals surface area contributed by atoms with Gasteiger partial charge in [-0.2, -0.15) is 11.3 Å². The van der Waals surface area contributed by atoms with Crippen LogP contribution in [-0.2, 0) is 0 Å². The lowest BCUT2D eigenvalue weighted by atomic mass is 10.2. The molecule has 4 rings (SSSR count). The van der Waals surface area contributed by atoms with E-state index in [0.29, 0.717) is 11.4 Å². The summed E-state index contributed by atoms with van der Waals surface area (Å²) >= 11 is 3.07. The molecular weight excluding hydrogens is 328 g/mol. The van der Waals surface area contributed by atoms with E-state index in [2.05, 4.69) is 20.3 Å². The molecule has 0 atom stereocenters. The Labute approximate surface area is 139 Å². The molecule has 7 heteroatoms. The van der Waals surface area contributed by atoms with Gasteiger partial charge in [0, 0.05) is 40.3 Å². The van der Waals surface area contributed by atoms with E-state index in [-0.39, 0.29) is 5.91 Å². The molecule has 0 fully saturated rings. The van der Waals surface area contributed by atoms with Gasteiger partial charge in [-0.25, -0.2) is 4.98 Å². The van der Waals surface area contributed by atoms with E-state index in [1.807, 2.05) is 22.9 Å². The highest BCUT2D eigenvalue weighted by Gasteiger charge is 2.13. The maximum absolute atomic E-state index is 12.4. The van der Waals surface area contributed by atoms with Crippen LogP contribution in [0.5, 0.6) is 0 Å². The number of aromatic nitrogens is 3. The number of anilines is 1. The number of hydrogen-bond donors (Lipinski definition) is 1. The van der Waals surface area contributed by atoms with Crippen LogP contribution in [0.15, 0.2) is 52.9 Å². The molecule has 112 valence electrons. The van der Waals surface area contributed by atoms with Gasteiger partial charge in [0.25, 0.3) is 5.91 Å². The van der Waals surface area contributed by atoms with Crippen LogP contribution in [0, 0.1) is 0 Å². The first-order valence-electron chi connectivity index (χ1n) is 6.79. The van der Waals surface area contributed by atoms with Crippen LogP contribution >= 0.6 is 22.7 Å². The Morgan fingerprint density at radius 1 is 1.13 bits per heavy atom. The van der Waals surface area contributed by atoms with Gasteiger partial charge in [-0.1, -0.05) is 0 Å².